The molecular formula is C15H17FN2O2. The van der Waals surface area contributed by atoms with Crippen LogP contribution in [0.3, 0.4) is 0 Å². The lowest BCUT2D eigenvalue weighted by Crippen LogP contribution is -2.31. The van der Waals surface area contributed by atoms with Crippen LogP contribution in [0.4, 0.5) is 10.1 Å². The summed E-state index contributed by atoms with van der Waals surface area (Å²) >= 11 is 0. The zero-order valence-electron chi connectivity index (χ0n) is 11.5. The average molecular weight is 276 g/mol. The third-order valence-electron chi connectivity index (χ3n) is 3.10. The number of aryl methyl sites for hydroxylation is 1. The third kappa shape index (κ3) is 2.82. The van der Waals surface area contributed by atoms with E-state index in [0.717, 1.165) is 0 Å². The molecule has 0 aliphatic rings. The van der Waals surface area contributed by atoms with Crippen LogP contribution < -0.4 is 5.73 Å². The van der Waals surface area contributed by atoms with Gasteiger partial charge in [0.15, 0.2) is 0 Å². The van der Waals surface area contributed by atoms with Gasteiger partial charge in [0.2, 0.25) is 0 Å². The second-order valence-corrected chi connectivity index (χ2v) is 4.60. The molecule has 106 valence electrons. The predicted molar refractivity (Wildman–Crippen MR) is 74.7 cm³/mol. The first-order valence-electron chi connectivity index (χ1n) is 6.40. The van der Waals surface area contributed by atoms with E-state index < -0.39 is 11.7 Å². The molecule has 1 amide bonds. The van der Waals surface area contributed by atoms with Crippen molar-refractivity contribution in [1.29, 1.82) is 0 Å². The van der Waals surface area contributed by atoms with Crippen molar-refractivity contribution in [2.75, 3.05) is 12.3 Å². The third-order valence-corrected chi connectivity index (χ3v) is 3.10. The van der Waals surface area contributed by atoms with Gasteiger partial charge in [0.25, 0.3) is 5.91 Å². The molecule has 0 spiro atoms. The molecule has 0 radical (unpaired) electrons. The van der Waals surface area contributed by atoms with E-state index in [1.807, 2.05) is 6.92 Å². The lowest BCUT2D eigenvalue weighted by Gasteiger charge is -2.20. The summed E-state index contributed by atoms with van der Waals surface area (Å²) in [5.41, 5.74) is 6.42. The molecule has 5 heteroatoms. The number of nitrogens with two attached hydrogens (primary N) is 1. The zero-order chi connectivity index (χ0) is 14.7. The van der Waals surface area contributed by atoms with Crippen molar-refractivity contribution in [2.24, 2.45) is 0 Å². The Morgan fingerprint density at radius 3 is 2.80 bits per heavy atom. The van der Waals surface area contributed by atoms with Gasteiger partial charge in [-0.15, -0.1) is 0 Å². The van der Waals surface area contributed by atoms with Crippen LogP contribution in [0.15, 0.2) is 34.9 Å². The number of amides is 1. The van der Waals surface area contributed by atoms with Crippen LogP contribution in [0.5, 0.6) is 0 Å². The summed E-state index contributed by atoms with van der Waals surface area (Å²) in [5, 5.41) is 0. The van der Waals surface area contributed by atoms with Crippen molar-refractivity contribution >= 4 is 11.6 Å². The first-order chi connectivity index (χ1) is 9.52. The minimum atomic E-state index is -0.526. The summed E-state index contributed by atoms with van der Waals surface area (Å²) < 4.78 is 19.3. The van der Waals surface area contributed by atoms with Gasteiger partial charge in [0, 0.05) is 12.2 Å². The molecule has 2 rings (SSSR count). The number of halogens is 1. The summed E-state index contributed by atoms with van der Waals surface area (Å²) in [5.74, 6) is -0.264. The number of nitrogen functional groups attached to an aromatic ring is 1. The Labute approximate surface area is 117 Å². The summed E-state index contributed by atoms with van der Waals surface area (Å²) in [6.07, 6.45) is 1.54. The topological polar surface area (TPSA) is 59.5 Å². The van der Waals surface area contributed by atoms with E-state index in [-0.39, 0.29) is 5.56 Å². The highest BCUT2D eigenvalue weighted by Gasteiger charge is 2.20. The van der Waals surface area contributed by atoms with Crippen molar-refractivity contribution < 1.29 is 13.6 Å². The Bertz CT molecular complexity index is 609. The zero-order valence-corrected chi connectivity index (χ0v) is 11.5. The van der Waals surface area contributed by atoms with Gasteiger partial charge in [0.1, 0.15) is 11.6 Å². The molecule has 0 atom stereocenters. The fourth-order valence-corrected chi connectivity index (χ4v) is 2.04. The van der Waals surface area contributed by atoms with Gasteiger partial charge in [-0.25, -0.2) is 4.39 Å². The minimum absolute atomic E-state index is 0.00379. The highest BCUT2D eigenvalue weighted by atomic mass is 19.1. The number of anilines is 1. The van der Waals surface area contributed by atoms with Crippen LogP contribution in [0.2, 0.25) is 0 Å². The van der Waals surface area contributed by atoms with E-state index in [4.69, 9.17) is 10.2 Å². The van der Waals surface area contributed by atoms with Crippen LogP contribution in [-0.2, 0) is 6.54 Å². The van der Waals surface area contributed by atoms with Crippen LogP contribution in [0, 0.1) is 12.7 Å². The fourth-order valence-electron chi connectivity index (χ4n) is 2.04. The second-order valence-electron chi connectivity index (χ2n) is 4.60. The maximum Gasteiger partial charge on any atom is 0.257 e. The predicted octanol–water partition coefficient (Wildman–Crippen LogP) is 2.97. The Morgan fingerprint density at radius 2 is 2.20 bits per heavy atom. The Kier molecular flexibility index (Phi) is 4.08. The van der Waals surface area contributed by atoms with E-state index >= 15 is 0 Å². The van der Waals surface area contributed by atoms with Crippen molar-refractivity contribution in [1.82, 2.24) is 4.90 Å². The number of hydrogen-bond acceptors (Lipinski definition) is 3. The molecule has 1 aromatic carbocycles. The lowest BCUT2D eigenvalue weighted by molar-refractivity contribution is 0.0736. The lowest BCUT2D eigenvalue weighted by atomic mass is 10.1. The Balaban J connectivity index is 2.29. The van der Waals surface area contributed by atoms with Crippen LogP contribution in [0.1, 0.15) is 28.6 Å². The van der Waals surface area contributed by atoms with Crippen molar-refractivity contribution in [2.45, 2.75) is 20.4 Å². The fraction of sp³-hybridized carbons (Fsp3) is 0.267. The number of rotatable bonds is 4. The molecule has 0 saturated heterocycles. The minimum Gasteiger partial charge on any atom is -0.467 e. The van der Waals surface area contributed by atoms with Crippen molar-refractivity contribution in [3.05, 3.63) is 53.2 Å². The standard InChI is InChI=1S/C15H17FN2O2/c1-3-18(9-12-5-4-6-20-12)15(19)13-8-11(17)7-10(2)14(13)16/h4-8H,3,9,17H2,1-2H3. The highest BCUT2D eigenvalue weighted by Crippen LogP contribution is 2.19. The smallest absolute Gasteiger partial charge is 0.257 e. The largest absolute Gasteiger partial charge is 0.467 e. The van der Waals surface area contributed by atoms with Gasteiger partial charge in [-0.05, 0) is 43.7 Å². The number of hydrogen-bond donors (Lipinski definition) is 1. The molecule has 0 aliphatic heterocycles. The van der Waals surface area contributed by atoms with Crippen LogP contribution in [-0.4, -0.2) is 17.4 Å². The van der Waals surface area contributed by atoms with E-state index in [9.17, 15) is 9.18 Å². The Morgan fingerprint density at radius 1 is 1.45 bits per heavy atom. The van der Waals surface area contributed by atoms with E-state index in [1.54, 1.807) is 25.3 Å². The van der Waals surface area contributed by atoms with E-state index in [2.05, 4.69) is 0 Å². The number of benzene rings is 1. The molecule has 0 fully saturated rings. The molecule has 20 heavy (non-hydrogen) atoms. The summed E-state index contributed by atoms with van der Waals surface area (Å²) in [4.78, 5) is 13.9. The first kappa shape index (κ1) is 14.1. The molecule has 1 heterocycles. The summed E-state index contributed by atoms with van der Waals surface area (Å²) in [6.45, 7) is 4.17. The SMILES string of the molecule is CCN(Cc1ccco1)C(=O)c1cc(N)cc(C)c1F. The van der Waals surface area contributed by atoms with Gasteiger partial charge >= 0.3 is 0 Å². The number of carbonyl (C=O) groups is 1. The summed E-state index contributed by atoms with van der Waals surface area (Å²) in [6, 6.07) is 6.40. The molecule has 4 nitrogen and oxygen atoms in total. The second kappa shape index (κ2) is 5.77. The molecule has 0 bridgehead atoms. The molecule has 2 aromatic rings. The van der Waals surface area contributed by atoms with Crippen LogP contribution in [0.25, 0.3) is 0 Å². The molecule has 2 N–H and O–H groups in total. The van der Waals surface area contributed by atoms with Crippen molar-refractivity contribution in [3.8, 4) is 0 Å². The van der Waals surface area contributed by atoms with Gasteiger partial charge in [-0.1, -0.05) is 0 Å². The van der Waals surface area contributed by atoms with Gasteiger partial charge < -0.3 is 15.1 Å². The Hall–Kier alpha value is -2.30. The molecule has 1 aromatic heterocycles. The molecule has 0 unspecified atom stereocenters. The maximum atomic E-state index is 14.1. The number of nitrogens with zero attached hydrogens (tertiary/aromatic N) is 1. The van der Waals surface area contributed by atoms with E-state index in [1.165, 1.54) is 17.0 Å². The molecule has 0 saturated carbocycles. The highest BCUT2D eigenvalue weighted by molar-refractivity contribution is 5.95. The monoisotopic (exact) mass is 276 g/mol. The van der Waals surface area contributed by atoms with Gasteiger partial charge in [-0.3, -0.25) is 4.79 Å². The number of carbonyl (C=O) groups excluding carboxylic acids is 1. The number of furan rings is 1. The average Bonchev–Trinajstić information content (AvgIpc) is 2.92. The van der Waals surface area contributed by atoms with Gasteiger partial charge in [-0.2, -0.15) is 0 Å². The van der Waals surface area contributed by atoms with Crippen molar-refractivity contribution in [3.63, 3.8) is 0 Å². The normalized spacial score (nSPS) is 10.6. The molecule has 0 aliphatic carbocycles. The van der Waals surface area contributed by atoms with Gasteiger partial charge in [0.05, 0.1) is 18.4 Å². The first-order valence-corrected chi connectivity index (χ1v) is 6.40. The quantitative estimate of drug-likeness (QED) is 0.873. The molecular weight excluding hydrogens is 259 g/mol. The van der Waals surface area contributed by atoms with E-state index in [0.29, 0.717) is 30.1 Å². The van der Waals surface area contributed by atoms with Crippen LogP contribution >= 0.6 is 0 Å². The summed E-state index contributed by atoms with van der Waals surface area (Å²) in [7, 11) is 0. The maximum absolute atomic E-state index is 14.1.